The van der Waals surface area contributed by atoms with Crippen LogP contribution in [0.25, 0.3) is 0 Å². The molecule has 0 bridgehead atoms. The maximum Gasteiger partial charge on any atom is 0.133 e. The van der Waals surface area contributed by atoms with Crippen molar-refractivity contribution in [2.75, 3.05) is 0 Å². The third-order valence-electron chi connectivity index (χ3n) is 5.25. The van der Waals surface area contributed by atoms with Crippen LogP contribution in [0, 0.1) is 17.8 Å². The molecule has 0 N–H and O–H groups in total. The minimum Gasteiger partial charge on any atom is -0.374 e. The number of rotatable bonds is 1. The summed E-state index contributed by atoms with van der Waals surface area (Å²) in [6.45, 7) is 1.81. The van der Waals surface area contributed by atoms with Gasteiger partial charge >= 0.3 is 0 Å². The Labute approximate surface area is 104 Å². The zero-order valence-electron chi connectivity index (χ0n) is 10.9. The second kappa shape index (κ2) is 4.72. The fourth-order valence-corrected chi connectivity index (χ4v) is 4.56. The first-order valence-corrected chi connectivity index (χ1v) is 7.43. The van der Waals surface area contributed by atoms with Crippen LogP contribution >= 0.6 is 0 Å². The van der Waals surface area contributed by atoms with Gasteiger partial charge in [-0.25, -0.2) is 0 Å². The highest BCUT2D eigenvalue weighted by Crippen LogP contribution is 2.47. The number of fused-ring (bicyclic) bond motifs is 2. The molecule has 0 aromatic rings. The van der Waals surface area contributed by atoms with E-state index in [4.69, 9.17) is 4.74 Å². The first-order chi connectivity index (χ1) is 8.27. The standard InChI is InChI=1S/C15H24O2/c1-10(16)15-11-6-2-4-8-13(11)17-14-9-5-3-7-12(14)15/h11-15H,2-9H2,1H3. The molecule has 3 rings (SSSR count). The highest BCUT2D eigenvalue weighted by Gasteiger charge is 2.48. The van der Waals surface area contributed by atoms with Crippen LogP contribution < -0.4 is 0 Å². The van der Waals surface area contributed by atoms with Gasteiger partial charge in [-0.3, -0.25) is 4.79 Å². The highest BCUT2D eigenvalue weighted by atomic mass is 16.5. The van der Waals surface area contributed by atoms with E-state index in [1.54, 1.807) is 0 Å². The normalized spacial score (nSPS) is 45.8. The van der Waals surface area contributed by atoms with Crippen LogP contribution in [-0.2, 0) is 9.53 Å². The fourth-order valence-electron chi connectivity index (χ4n) is 4.56. The number of hydrogen-bond acceptors (Lipinski definition) is 2. The molecule has 2 nitrogen and oxygen atoms in total. The summed E-state index contributed by atoms with van der Waals surface area (Å²) >= 11 is 0. The fraction of sp³-hybridized carbons (Fsp3) is 0.933. The van der Waals surface area contributed by atoms with Crippen LogP contribution in [0.5, 0.6) is 0 Å². The van der Waals surface area contributed by atoms with E-state index in [0.29, 0.717) is 35.7 Å². The van der Waals surface area contributed by atoms with Gasteiger partial charge in [0.1, 0.15) is 5.78 Å². The Morgan fingerprint density at radius 1 is 0.882 bits per heavy atom. The molecule has 1 saturated heterocycles. The molecule has 0 radical (unpaired) electrons. The van der Waals surface area contributed by atoms with Crippen molar-refractivity contribution in [3.63, 3.8) is 0 Å². The van der Waals surface area contributed by atoms with Gasteiger partial charge in [0.25, 0.3) is 0 Å². The van der Waals surface area contributed by atoms with Gasteiger partial charge in [-0.15, -0.1) is 0 Å². The largest absolute Gasteiger partial charge is 0.374 e. The second-order valence-corrected chi connectivity index (χ2v) is 6.25. The molecule has 0 aromatic heterocycles. The summed E-state index contributed by atoms with van der Waals surface area (Å²) in [6.07, 6.45) is 10.8. The number of carbonyl (C=O) groups excluding carboxylic acids is 1. The van der Waals surface area contributed by atoms with Crippen molar-refractivity contribution in [2.45, 2.75) is 70.5 Å². The molecule has 96 valence electrons. The third kappa shape index (κ3) is 2.05. The number of ether oxygens (including phenoxy) is 1. The van der Waals surface area contributed by atoms with Crippen molar-refractivity contribution in [3.05, 3.63) is 0 Å². The molecule has 1 heterocycles. The van der Waals surface area contributed by atoms with Crippen LogP contribution in [0.1, 0.15) is 58.3 Å². The van der Waals surface area contributed by atoms with Crippen molar-refractivity contribution in [1.82, 2.24) is 0 Å². The highest BCUT2D eigenvalue weighted by molar-refractivity contribution is 5.79. The van der Waals surface area contributed by atoms with Crippen LogP contribution in [0.4, 0.5) is 0 Å². The smallest absolute Gasteiger partial charge is 0.133 e. The molecule has 2 aliphatic carbocycles. The molecule has 4 unspecified atom stereocenters. The Bertz CT molecular complexity index is 277. The molecule has 2 heteroatoms. The molecule has 0 spiro atoms. The molecular weight excluding hydrogens is 212 g/mol. The summed E-state index contributed by atoms with van der Waals surface area (Å²) in [5.41, 5.74) is 0. The molecule has 3 fully saturated rings. The maximum atomic E-state index is 12.1. The average molecular weight is 236 g/mol. The molecule has 4 atom stereocenters. The van der Waals surface area contributed by atoms with Crippen LogP contribution in [0.2, 0.25) is 0 Å². The summed E-state index contributed by atoms with van der Waals surface area (Å²) in [4.78, 5) is 12.1. The molecule has 17 heavy (non-hydrogen) atoms. The molecule has 0 amide bonds. The molecule has 1 aliphatic heterocycles. The van der Waals surface area contributed by atoms with Gasteiger partial charge in [-0.1, -0.05) is 25.7 Å². The lowest BCUT2D eigenvalue weighted by molar-refractivity contribution is -0.177. The SMILES string of the molecule is CC(=O)C1C2CCCCC2OC2CCCCC21. The Kier molecular flexibility index (Phi) is 3.25. The van der Waals surface area contributed by atoms with Crippen molar-refractivity contribution in [1.29, 1.82) is 0 Å². The average Bonchev–Trinajstić information content (AvgIpc) is 2.35. The lowest BCUT2D eigenvalue weighted by Crippen LogP contribution is -2.52. The summed E-state index contributed by atoms with van der Waals surface area (Å²) in [6, 6.07) is 0. The molecule has 2 saturated carbocycles. The summed E-state index contributed by atoms with van der Waals surface area (Å²) in [7, 11) is 0. The predicted octanol–water partition coefficient (Wildman–Crippen LogP) is 3.34. The van der Waals surface area contributed by atoms with Crippen molar-refractivity contribution < 1.29 is 9.53 Å². The maximum absolute atomic E-state index is 12.1. The first-order valence-electron chi connectivity index (χ1n) is 7.43. The van der Waals surface area contributed by atoms with E-state index in [9.17, 15) is 4.79 Å². The Balaban J connectivity index is 1.85. The molecule has 3 aliphatic rings. The molecule has 0 aromatic carbocycles. The first kappa shape index (κ1) is 11.7. The number of hydrogen-bond donors (Lipinski definition) is 0. The van der Waals surface area contributed by atoms with Crippen molar-refractivity contribution in [3.8, 4) is 0 Å². The summed E-state index contributed by atoms with van der Waals surface area (Å²) < 4.78 is 6.32. The van der Waals surface area contributed by atoms with E-state index in [1.807, 2.05) is 6.92 Å². The number of Topliss-reactive ketones (excluding diaryl/α,β-unsaturated/α-hetero) is 1. The van der Waals surface area contributed by atoms with Gasteiger partial charge in [0, 0.05) is 5.92 Å². The van der Waals surface area contributed by atoms with E-state index >= 15 is 0 Å². The summed E-state index contributed by atoms with van der Waals surface area (Å²) in [5, 5.41) is 0. The van der Waals surface area contributed by atoms with Crippen molar-refractivity contribution >= 4 is 5.78 Å². The Morgan fingerprint density at radius 3 is 1.82 bits per heavy atom. The van der Waals surface area contributed by atoms with Gasteiger partial charge in [0.05, 0.1) is 12.2 Å². The van der Waals surface area contributed by atoms with Crippen LogP contribution in [0.15, 0.2) is 0 Å². The topological polar surface area (TPSA) is 26.3 Å². The lowest BCUT2D eigenvalue weighted by atomic mass is 9.64. The van der Waals surface area contributed by atoms with Gasteiger partial charge < -0.3 is 4.74 Å². The van der Waals surface area contributed by atoms with E-state index in [0.717, 1.165) is 0 Å². The van der Waals surface area contributed by atoms with Crippen LogP contribution in [-0.4, -0.2) is 18.0 Å². The lowest BCUT2D eigenvalue weighted by Gasteiger charge is -2.50. The zero-order valence-corrected chi connectivity index (χ0v) is 10.9. The van der Waals surface area contributed by atoms with E-state index < -0.39 is 0 Å². The van der Waals surface area contributed by atoms with E-state index in [2.05, 4.69) is 0 Å². The number of carbonyl (C=O) groups is 1. The summed E-state index contributed by atoms with van der Waals surface area (Å²) in [5.74, 6) is 1.84. The van der Waals surface area contributed by atoms with Gasteiger partial charge in [-0.2, -0.15) is 0 Å². The second-order valence-electron chi connectivity index (χ2n) is 6.25. The zero-order chi connectivity index (χ0) is 11.8. The van der Waals surface area contributed by atoms with Crippen LogP contribution in [0.3, 0.4) is 0 Å². The van der Waals surface area contributed by atoms with Gasteiger partial charge in [-0.05, 0) is 44.4 Å². The Hall–Kier alpha value is -0.370. The van der Waals surface area contributed by atoms with E-state index in [1.165, 1.54) is 51.4 Å². The minimum absolute atomic E-state index is 0.319. The van der Waals surface area contributed by atoms with Gasteiger partial charge in [0.15, 0.2) is 0 Å². The van der Waals surface area contributed by atoms with Gasteiger partial charge in [0.2, 0.25) is 0 Å². The molecular formula is C15H24O2. The minimum atomic E-state index is 0.319. The monoisotopic (exact) mass is 236 g/mol. The Morgan fingerprint density at radius 2 is 1.35 bits per heavy atom. The van der Waals surface area contributed by atoms with E-state index in [-0.39, 0.29) is 0 Å². The quantitative estimate of drug-likeness (QED) is 0.698. The third-order valence-corrected chi connectivity index (χ3v) is 5.25. The predicted molar refractivity (Wildman–Crippen MR) is 66.7 cm³/mol. The number of ketones is 1. The van der Waals surface area contributed by atoms with Crippen molar-refractivity contribution in [2.24, 2.45) is 17.8 Å².